The van der Waals surface area contributed by atoms with Crippen molar-refractivity contribution in [3.05, 3.63) is 75.5 Å². The summed E-state index contributed by atoms with van der Waals surface area (Å²) in [5, 5.41) is 49.5. The number of aromatic hydroxyl groups is 2. The van der Waals surface area contributed by atoms with Crippen LogP contribution >= 0.6 is 15.9 Å². The van der Waals surface area contributed by atoms with Crippen LogP contribution in [0.5, 0.6) is 17.2 Å². The van der Waals surface area contributed by atoms with Crippen LogP contribution in [0.15, 0.2) is 64.4 Å². The van der Waals surface area contributed by atoms with Crippen molar-refractivity contribution < 1.29 is 63.7 Å². The molecule has 2 aliphatic rings. The molecule has 0 radical (unpaired) electrons. The Morgan fingerprint density at radius 1 is 1.11 bits per heavy atom. The minimum absolute atomic E-state index is 0.0512. The Morgan fingerprint density at radius 3 is 2.36 bits per heavy atom. The van der Waals surface area contributed by atoms with E-state index in [1.165, 1.54) is 56.6 Å². The Bertz CT molecular complexity index is 1630. The fourth-order valence-corrected chi connectivity index (χ4v) is 6.30. The molecular weight excluding hydrogens is 684 g/mol. The number of esters is 1. The number of hydrogen-bond acceptors (Lipinski definition) is 12. The van der Waals surface area contributed by atoms with Crippen molar-refractivity contribution in [3.63, 3.8) is 0 Å². The summed E-state index contributed by atoms with van der Waals surface area (Å²) >= 11 is 3.29. The number of carbonyl (C=O) groups is 5. The van der Waals surface area contributed by atoms with Gasteiger partial charge in [-0.3, -0.25) is 19.2 Å². The number of ether oxygens (including phenoxy) is 3. The van der Waals surface area contributed by atoms with Gasteiger partial charge in [0.1, 0.15) is 12.4 Å². The number of aliphatic hydroxyl groups excluding tert-OH is 2. The lowest BCUT2D eigenvalue weighted by Crippen LogP contribution is -2.61. The van der Waals surface area contributed by atoms with Gasteiger partial charge in [-0.2, -0.15) is 0 Å². The predicted molar refractivity (Wildman–Crippen MR) is 169 cm³/mol. The Morgan fingerprint density at radius 2 is 1.77 bits per heavy atom. The number of allylic oxidation sites excluding steroid dienone is 6. The molecule has 14 heteroatoms. The van der Waals surface area contributed by atoms with E-state index in [2.05, 4.69) is 15.9 Å². The van der Waals surface area contributed by atoms with Gasteiger partial charge >= 0.3 is 11.9 Å². The number of benzene rings is 1. The third-order valence-corrected chi connectivity index (χ3v) is 8.36. The second-order valence-corrected chi connectivity index (χ2v) is 12.0. The monoisotopic (exact) mass is 718 g/mol. The van der Waals surface area contributed by atoms with E-state index in [9.17, 15) is 44.4 Å². The van der Waals surface area contributed by atoms with Crippen molar-refractivity contribution in [1.29, 1.82) is 0 Å². The van der Waals surface area contributed by atoms with Crippen molar-refractivity contribution in [2.75, 3.05) is 13.7 Å². The number of ketones is 3. The molecular formula is C33H35BrO13. The second-order valence-electron chi connectivity index (χ2n) is 11.2. The number of methoxy groups -OCH3 is 1. The molecule has 252 valence electrons. The maximum atomic E-state index is 14.6. The zero-order valence-electron chi connectivity index (χ0n) is 26.0. The van der Waals surface area contributed by atoms with Gasteiger partial charge in [0.25, 0.3) is 0 Å². The molecule has 0 aromatic heterocycles. The number of Topliss-reactive ketones (excluding diaryl/α,β-unsaturated/α-hetero) is 3. The molecule has 0 unspecified atom stereocenters. The van der Waals surface area contributed by atoms with E-state index in [1.807, 2.05) is 0 Å². The van der Waals surface area contributed by atoms with Crippen LogP contribution in [0.4, 0.5) is 0 Å². The number of aliphatic carboxylic acids is 1. The molecule has 0 spiro atoms. The van der Waals surface area contributed by atoms with Crippen LogP contribution in [-0.2, 0) is 35.1 Å². The van der Waals surface area contributed by atoms with Crippen LogP contribution in [0.25, 0.3) is 0 Å². The van der Waals surface area contributed by atoms with Crippen molar-refractivity contribution in [2.24, 2.45) is 5.41 Å². The fraction of sp³-hybridized carbons (Fsp3) is 0.364. The van der Waals surface area contributed by atoms with E-state index < -0.39 is 83.5 Å². The molecule has 4 atom stereocenters. The number of rotatable bonds is 13. The lowest BCUT2D eigenvalue weighted by Gasteiger charge is -2.45. The third kappa shape index (κ3) is 7.89. The molecule has 1 aromatic rings. The number of carboxylic acids is 1. The molecule has 0 amide bonds. The second kappa shape index (κ2) is 14.9. The van der Waals surface area contributed by atoms with Gasteiger partial charge in [0.2, 0.25) is 17.1 Å². The van der Waals surface area contributed by atoms with Crippen molar-refractivity contribution in [1.82, 2.24) is 0 Å². The van der Waals surface area contributed by atoms with E-state index in [-0.39, 0.29) is 39.1 Å². The van der Waals surface area contributed by atoms with Crippen molar-refractivity contribution in [3.8, 4) is 17.2 Å². The third-order valence-electron chi connectivity index (χ3n) is 7.58. The number of phenols is 2. The van der Waals surface area contributed by atoms with Gasteiger partial charge < -0.3 is 39.7 Å². The summed E-state index contributed by atoms with van der Waals surface area (Å²) in [6.07, 6.45) is 6.17. The minimum atomic E-state index is -2.44. The van der Waals surface area contributed by atoms with Gasteiger partial charge in [-0.1, -0.05) is 24.3 Å². The van der Waals surface area contributed by atoms with Crippen LogP contribution in [0, 0.1) is 5.41 Å². The summed E-state index contributed by atoms with van der Waals surface area (Å²) < 4.78 is 16.4. The van der Waals surface area contributed by atoms with Crippen molar-refractivity contribution >= 4 is 45.2 Å². The lowest BCUT2D eigenvalue weighted by molar-refractivity contribution is -0.177. The number of fused-ring (bicyclic) bond motifs is 1. The fourth-order valence-electron chi connectivity index (χ4n) is 5.43. The van der Waals surface area contributed by atoms with E-state index in [1.54, 1.807) is 0 Å². The normalized spacial score (nSPS) is 22.7. The van der Waals surface area contributed by atoms with Gasteiger partial charge in [0.15, 0.2) is 23.1 Å². The van der Waals surface area contributed by atoms with E-state index in [0.29, 0.717) is 0 Å². The standard InChI is InChI=1S/C33H35BrO13/c1-17(35)11-20(37)13-25(40)47-32(3)30(43)27(34)22-14-21(9-7-5-6-8-10-24(38)39)46-16-33(22,31(32)44)15-19-12-23(45-4)28(41)29(42)26(19)18(2)36/h5-10,12,14,17,20,35,37,41-42H,11,13,15-16H2,1-4H3,(H,38,39)/b6-5+,9-7+,10-8+/t17-,20-,32-,33+/m1/s1. The molecule has 1 aromatic carbocycles. The summed E-state index contributed by atoms with van der Waals surface area (Å²) in [6.45, 7) is 3.22. The predicted octanol–water partition coefficient (Wildman–Crippen LogP) is 3.13. The van der Waals surface area contributed by atoms with Crippen molar-refractivity contribution in [2.45, 2.75) is 57.8 Å². The number of phenolic OH excluding ortho intramolecular Hbond substituents is 2. The first-order chi connectivity index (χ1) is 22.0. The van der Waals surface area contributed by atoms with Crippen LogP contribution in [0.2, 0.25) is 0 Å². The largest absolute Gasteiger partial charge is 0.504 e. The summed E-state index contributed by atoms with van der Waals surface area (Å²) in [5.41, 5.74) is -4.41. The number of carboxylic acid groups (broad SMARTS) is 1. The summed E-state index contributed by atoms with van der Waals surface area (Å²) in [7, 11) is 1.22. The zero-order chi connectivity index (χ0) is 35.3. The lowest BCUT2D eigenvalue weighted by atomic mass is 9.62. The molecule has 1 aliphatic carbocycles. The molecule has 0 saturated carbocycles. The smallest absolute Gasteiger partial charge is 0.328 e. The maximum absolute atomic E-state index is 14.6. The summed E-state index contributed by atoms with van der Waals surface area (Å²) in [5.74, 6) is -6.20. The van der Waals surface area contributed by atoms with Crippen LogP contribution in [0.3, 0.4) is 0 Å². The first kappa shape index (κ1) is 36.9. The molecule has 1 heterocycles. The highest BCUT2D eigenvalue weighted by Crippen LogP contribution is 2.51. The van der Waals surface area contributed by atoms with Gasteiger partial charge in [-0.15, -0.1) is 0 Å². The molecule has 1 aliphatic heterocycles. The number of hydrogen-bond donors (Lipinski definition) is 5. The number of aliphatic hydroxyl groups is 2. The van der Waals surface area contributed by atoms with Crippen LogP contribution in [0.1, 0.15) is 49.5 Å². The molecule has 13 nitrogen and oxygen atoms in total. The molecule has 3 rings (SSSR count). The van der Waals surface area contributed by atoms with E-state index in [0.717, 1.165) is 19.9 Å². The first-order valence-corrected chi connectivity index (χ1v) is 15.1. The molecule has 47 heavy (non-hydrogen) atoms. The molecule has 0 bridgehead atoms. The zero-order valence-corrected chi connectivity index (χ0v) is 27.6. The van der Waals surface area contributed by atoms with Gasteiger partial charge in [0, 0.05) is 6.08 Å². The number of carbonyl (C=O) groups excluding carboxylic acids is 4. The van der Waals surface area contributed by atoms with Crippen LogP contribution < -0.4 is 4.74 Å². The Hall–Kier alpha value is -4.53. The molecule has 5 N–H and O–H groups in total. The SMILES string of the molecule is COc1cc(C[C@]23COC(/C=C/C=C/C=C/C(=O)O)=CC2=C(Br)C(=O)[C@@](C)(OC(=O)C[C@H](O)C[C@@H](C)O)C3=O)c(C(C)=O)c(O)c1O. The average molecular weight is 720 g/mol. The topological polar surface area (TPSA) is 214 Å². The molecule has 0 fully saturated rings. The van der Waals surface area contributed by atoms with E-state index >= 15 is 0 Å². The highest BCUT2D eigenvalue weighted by molar-refractivity contribution is 9.12. The van der Waals surface area contributed by atoms with Gasteiger partial charge in [-0.25, -0.2) is 4.79 Å². The van der Waals surface area contributed by atoms with E-state index in [4.69, 9.17) is 19.3 Å². The maximum Gasteiger partial charge on any atom is 0.328 e. The summed E-state index contributed by atoms with van der Waals surface area (Å²) in [4.78, 5) is 64.6. The molecule has 0 saturated heterocycles. The highest BCUT2D eigenvalue weighted by atomic mass is 79.9. The first-order valence-electron chi connectivity index (χ1n) is 14.3. The number of halogens is 1. The quantitative estimate of drug-likeness (QED) is 0.0496. The van der Waals surface area contributed by atoms with Gasteiger partial charge in [0.05, 0.1) is 41.2 Å². The average Bonchev–Trinajstić information content (AvgIpc) is 2.98. The van der Waals surface area contributed by atoms with Crippen LogP contribution in [-0.4, -0.2) is 86.3 Å². The van der Waals surface area contributed by atoms with Gasteiger partial charge in [-0.05, 0) is 78.9 Å². The summed E-state index contributed by atoms with van der Waals surface area (Å²) in [6, 6.07) is 1.26. The minimum Gasteiger partial charge on any atom is -0.504 e. The Kier molecular flexibility index (Phi) is 11.7. The highest BCUT2D eigenvalue weighted by Gasteiger charge is 2.62. The Balaban J connectivity index is 2.19. The Labute approximate surface area is 278 Å².